The molecule has 0 bridgehead atoms. The Bertz CT molecular complexity index is 422. The highest BCUT2D eigenvalue weighted by Gasteiger charge is 2.32. The molecule has 1 saturated carbocycles. The average Bonchev–Trinajstić information content (AvgIpc) is 2.41. The summed E-state index contributed by atoms with van der Waals surface area (Å²) in [5.41, 5.74) is 1.05. The second-order valence-corrected chi connectivity index (χ2v) is 7.32. The standard InChI is InChI=1S/C16H27N3S/c1-5-17-14-7-6-13(11(2)3)10-15(14)20-16-18-9-8-12(4)19-16/h8-9,11,13-15,17H,5-7,10H2,1-4H3. The lowest BCUT2D eigenvalue weighted by Crippen LogP contribution is -2.43. The quantitative estimate of drug-likeness (QED) is 0.840. The van der Waals surface area contributed by atoms with Gasteiger partial charge in [-0.25, -0.2) is 9.97 Å². The van der Waals surface area contributed by atoms with E-state index in [1.54, 1.807) is 0 Å². The van der Waals surface area contributed by atoms with E-state index in [1.165, 1.54) is 19.3 Å². The van der Waals surface area contributed by atoms with Crippen LogP contribution in [0.3, 0.4) is 0 Å². The lowest BCUT2D eigenvalue weighted by molar-refractivity contribution is 0.247. The Morgan fingerprint density at radius 3 is 2.85 bits per heavy atom. The molecule has 3 unspecified atom stereocenters. The molecule has 1 aliphatic rings. The Morgan fingerprint density at radius 2 is 2.20 bits per heavy atom. The summed E-state index contributed by atoms with van der Waals surface area (Å²) in [6.07, 6.45) is 5.77. The molecule has 3 nitrogen and oxygen atoms in total. The van der Waals surface area contributed by atoms with Crippen molar-refractivity contribution in [3.8, 4) is 0 Å². The topological polar surface area (TPSA) is 37.8 Å². The summed E-state index contributed by atoms with van der Waals surface area (Å²) in [5.74, 6) is 1.62. The number of hydrogen-bond acceptors (Lipinski definition) is 4. The van der Waals surface area contributed by atoms with Gasteiger partial charge in [0.2, 0.25) is 0 Å². The molecule has 112 valence electrons. The molecule has 3 atom stereocenters. The molecule has 1 aliphatic carbocycles. The van der Waals surface area contributed by atoms with Crippen LogP contribution in [0, 0.1) is 18.8 Å². The van der Waals surface area contributed by atoms with E-state index in [2.05, 4.69) is 36.1 Å². The van der Waals surface area contributed by atoms with Gasteiger partial charge < -0.3 is 5.32 Å². The van der Waals surface area contributed by atoms with Crippen LogP contribution in [0.2, 0.25) is 0 Å². The van der Waals surface area contributed by atoms with Crippen LogP contribution in [0.4, 0.5) is 0 Å². The van der Waals surface area contributed by atoms with Gasteiger partial charge in [-0.15, -0.1) is 0 Å². The van der Waals surface area contributed by atoms with Crippen molar-refractivity contribution in [2.24, 2.45) is 11.8 Å². The minimum Gasteiger partial charge on any atom is -0.313 e. The van der Waals surface area contributed by atoms with E-state index in [9.17, 15) is 0 Å². The van der Waals surface area contributed by atoms with Crippen LogP contribution in [0.5, 0.6) is 0 Å². The predicted octanol–water partition coefficient (Wildman–Crippen LogP) is 3.68. The van der Waals surface area contributed by atoms with Gasteiger partial charge in [-0.1, -0.05) is 32.5 Å². The highest BCUT2D eigenvalue weighted by molar-refractivity contribution is 7.99. The molecule has 1 N–H and O–H groups in total. The maximum Gasteiger partial charge on any atom is 0.188 e. The fourth-order valence-electron chi connectivity index (χ4n) is 3.01. The molecule has 0 radical (unpaired) electrons. The summed E-state index contributed by atoms with van der Waals surface area (Å²) >= 11 is 1.86. The first-order chi connectivity index (χ1) is 9.60. The van der Waals surface area contributed by atoms with Crippen molar-refractivity contribution in [3.63, 3.8) is 0 Å². The zero-order valence-electron chi connectivity index (χ0n) is 13.1. The van der Waals surface area contributed by atoms with Crippen LogP contribution in [0.15, 0.2) is 17.4 Å². The van der Waals surface area contributed by atoms with E-state index in [1.807, 2.05) is 30.9 Å². The summed E-state index contributed by atoms with van der Waals surface area (Å²) in [6.45, 7) is 9.97. The molecule has 0 saturated heterocycles. The van der Waals surface area contributed by atoms with Crippen molar-refractivity contribution < 1.29 is 0 Å². The number of nitrogens with zero attached hydrogens (tertiary/aromatic N) is 2. The van der Waals surface area contributed by atoms with Crippen LogP contribution in [-0.2, 0) is 0 Å². The Balaban J connectivity index is 2.06. The third-order valence-electron chi connectivity index (χ3n) is 4.27. The van der Waals surface area contributed by atoms with Gasteiger partial charge in [0, 0.05) is 23.2 Å². The Hall–Kier alpha value is -0.610. The fraction of sp³-hybridized carbons (Fsp3) is 0.750. The van der Waals surface area contributed by atoms with E-state index in [4.69, 9.17) is 0 Å². The fourth-order valence-corrected chi connectivity index (χ4v) is 4.34. The molecule has 1 aromatic heterocycles. The first kappa shape index (κ1) is 15.8. The Labute approximate surface area is 127 Å². The molecule has 0 aliphatic heterocycles. The number of aromatic nitrogens is 2. The zero-order valence-corrected chi connectivity index (χ0v) is 13.9. The van der Waals surface area contributed by atoms with E-state index in [0.29, 0.717) is 11.3 Å². The summed E-state index contributed by atoms with van der Waals surface area (Å²) in [4.78, 5) is 8.98. The van der Waals surface area contributed by atoms with Crippen molar-refractivity contribution in [1.29, 1.82) is 0 Å². The zero-order chi connectivity index (χ0) is 14.5. The maximum atomic E-state index is 4.56. The molecular weight excluding hydrogens is 266 g/mol. The highest BCUT2D eigenvalue weighted by Crippen LogP contribution is 2.38. The van der Waals surface area contributed by atoms with E-state index in [0.717, 1.165) is 29.2 Å². The number of hydrogen-bond donors (Lipinski definition) is 1. The van der Waals surface area contributed by atoms with Gasteiger partial charge >= 0.3 is 0 Å². The number of rotatable bonds is 5. The summed E-state index contributed by atoms with van der Waals surface area (Å²) in [5, 5.41) is 5.18. The van der Waals surface area contributed by atoms with E-state index < -0.39 is 0 Å². The van der Waals surface area contributed by atoms with Crippen molar-refractivity contribution >= 4 is 11.8 Å². The molecule has 1 heterocycles. The minimum absolute atomic E-state index is 0.595. The number of aryl methyl sites for hydroxylation is 1. The molecule has 0 spiro atoms. The van der Waals surface area contributed by atoms with Crippen LogP contribution in [0.25, 0.3) is 0 Å². The van der Waals surface area contributed by atoms with Gasteiger partial charge in [-0.2, -0.15) is 0 Å². The molecule has 0 amide bonds. The second kappa shape index (κ2) is 7.41. The molecule has 1 fully saturated rings. The highest BCUT2D eigenvalue weighted by atomic mass is 32.2. The van der Waals surface area contributed by atoms with Gasteiger partial charge in [0.25, 0.3) is 0 Å². The number of nitrogens with one attached hydrogen (secondary N) is 1. The summed E-state index contributed by atoms with van der Waals surface area (Å²) in [6, 6.07) is 2.56. The first-order valence-electron chi connectivity index (χ1n) is 7.79. The molecule has 20 heavy (non-hydrogen) atoms. The molecule has 1 aromatic rings. The SMILES string of the molecule is CCNC1CCC(C(C)C)CC1Sc1nccc(C)n1. The molecular formula is C16H27N3S. The van der Waals surface area contributed by atoms with E-state index >= 15 is 0 Å². The predicted molar refractivity (Wildman–Crippen MR) is 86.1 cm³/mol. The van der Waals surface area contributed by atoms with Crippen molar-refractivity contribution in [2.75, 3.05) is 6.54 Å². The average molecular weight is 293 g/mol. The second-order valence-electron chi connectivity index (χ2n) is 6.12. The van der Waals surface area contributed by atoms with Gasteiger partial charge in [-0.3, -0.25) is 0 Å². The maximum absolute atomic E-state index is 4.56. The summed E-state index contributed by atoms with van der Waals surface area (Å²) in [7, 11) is 0. The Kier molecular flexibility index (Phi) is 5.85. The molecule has 4 heteroatoms. The third-order valence-corrected chi connectivity index (χ3v) is 5.50. The van der Waals surface area contributed by atoms with Crippen molar-refractivity contribution in [3.05, 3.63) is 18.0 Å². The van der Waals surface area contributed by atoms with Crippen molar-refractivity contribution in [1.82, 2.24) is 15.3 Å². The number of thioether (sulfide) groups is 1. The van der Waals surface area contributed by atoms with Crippen LogP contribution >= 0.6 is 11.8 Å². The van der Waals surface area contributed by atoms with Crippen LogP contribution in [-0.4, -0.2) is 27.8 Å². The van der Waals surface area contributed by atoms with Gasteiger partial charge in [0.15, 0.2) is 5.16 Å². The van der Waals surface area contributed by atoms with Crippen molar-refractivity contribution in [2.45, 2.75) is 63.4 Å². The smallest absolute Gasteiger partial charge is 0.188 e. The van der Waals surface area contributed by atoms with Crippen LogP contribution in [0.1, 0.15) is 45.7 Å². The first-order valence-corrected chi connectivity index (χ1v) is 8.67. The van der Waals surface area contributed by atoms with Gasteiger partial charge in [-0.05, 0) is 50.6 Å². The third kappa shape index (κ3) is 4.19. The largest absolute Gasteiger partial charge is 0.313 e. The molecule has 0 aromatic carbocycles. The minimum atomic E-state index is 0.595. The summed E-state index contributed by atoms with van der Waals surface area (Å²) < 4.78 is 0. The normalized spacial score (nSPS) is 26.9. The Morgan fingerprint density at radius 1 is 1.40 bits per heavy atom. The lowest BCUT2D eigenvalue weighted by Gasteiger charge is -2.37. The monoisotopic (exact) mass is 293 g/mol. The van der Waals surface area contributed by atoms with Gasteiger partial charge in [0.05, 0.1) is 0 Å². The van der Waals surface area contributed by atoms with E-state index in [-0.39, 0.29) is 0 Å². The lowest BCUT2D eigenvalue weighted by atomic mass is 9.79. The molecule has 2 rings (SSSR count). The van der Waals surface area contributed by atoms with Gasteiger partial charge in [0.1, 0.15) is 0 Å². The van der Waals surface area contributed by atoms with Crippen LogP contribution < -0.4 is 5.32 Å².